The van der Waals surface area contributed by atoms with Gasteiger partial charge in [-0.25, -0.2) is 4.79 Å². The fraction of sp³-hybridized carbons (Fsp3) is 0.710. The van der Waals surface area contributed by atoms with Crippen LogP contribution < -0.4 is 9.47 Å². The molecule has 0 radical (unpaired) electrons. The van der Waals surface area contributed by atoms with Crippen molar-refractivity contribution in [2.75, 3.05) is 60.0 Å². The molecule has 8 heteroatoms. The Morgan fingerprint density at radius 1 is 0.974 bits per heavy atom. The van der Waals surface area contributed by atoms with Crippen LogP contribution in [-0.4, -0.2) is 71.7 Å². The number of ether oxygens (including phenoxy) is 7. The van der Waals surface area contributed by atoms with E-state index < -0.39 is 6.16 Å². The lowest BCUT2D eigenvalue weighted by molar-refractivity contribution is -0.00481. The van der Waals surface area contributed by atoms with Gasteiger partial charge in [0, 0.05) is 24.5 Å². The van der Waals surface area contributed by atoms with Crippen LogP contribution in [0.15, 0.2) is 23.8 Å². The van der Waals surface area contributed by atoms with E-state index in [0.29, 0.717) is 51.3 Å². The zero-order chi connectivity index (χ0) is 28.1. The molecule has 1 heterocycles. The second-order valence-corrected chi connectivity index (χ2v) is 10.9. The number of hydrogen-bond donors (Lipinski definition) is 0. The first kappa shape index (κ1) is 31.4. The highest BCUT2D eigenvalue weighted by atomic mass is 16.7. The average molecular weight is 549 g/mol. The molecular weight excluding hydrogens is 500 g/mol. The first-order valence-electron chi connectivity index (χ1n) is 14.5. The third-order valence-corrected chi connectivity index (χ3v) is 7.40. The summed E-state index contributed by atoms with van der Waals surface area (Å²) < 4.78 is 38.9. The summed E-state index contributed by atoms with van der Waals surface area (Å²) in [5, 5.41) is 0. The lowest BCUT2D eigenvalue weighted by Gasteiger charge is -2.46. The van der Waals surface area contributed by atoms with Crippen LogP contribution in [0.5, 0.6) is 11.5 Å². The molecule has 2 aliphatic rings. The van der Waals surface area contributed by atoms with E-state index in [1.54, 1.807) is 7.11 Å². The number of carbonyl (C=O) groups is 1. The maximum absolute atomic E-state index is 12.7. The van der Waals surface area contributed by atoms with Crippen molar-refractivity contribution in [1.82, 2.24) is 0 Å². The van der Waals surface area contributed by atoms with Crippen LogP contribution >= 0.6 is 0 Å². The highest BCUT2D eigenvalue weighted by Gasteiger charge is 2.45. The van der Waals surface area contributed by atoms with Gasteiger partial charge < -0.3 is 33.2 Å². The lowest BCUT2D eigenvalue weighted by Crippen LogP contribution is -2.45. The maximum Gasteiger partial charge on any atom is 0.513 e. The first-order chi connectivity index (χ1) is 18.9. The minimum atomic E-state index is -0.728. The van der Waals surface area contributed by atoms with Crippen LogP contribution in [-0.2, 0) is 30.1 Å². The van der Waals surface area contributed by atoms with Gasteiger partial charge in [0.05, 0.1) is 46.2 Å². The topological polar surface area (TPSA) is 81.7 Å². The molecule has 39 heavy (non-hydrogen) atoms. The standard InChI is InChI=1S/C31H48O8/c1-6-7-8-9-24-21-27(29-25-20-23(2)10-11-26(25)31(3,4)39-28(29)22-24)38-30(32)37-19-18-36-17-16-35-15-14-34-13-12-33-5/h20-22,25-26H,6-19H2,1-5H3/t25-,26?/m1/s1. The van der Waals surface area contributed by atoms with Gasteiger partial charge in [0.1, 0.15) is 23.7 Å². The summed E-state index contributed by atoms with van der Waals surface area (Å²) in [5.41, 5.74) is 3.13. The summed E-state index contributed by atoms with van der Waals surface area (Å²) in [6, 6.07) is 4.14. The van der Waals surface area contributed by atoms with Crippen molar-refractivity contribution in [2.45, 2.75) is 77.7 Å². The fourth-order valence-corrected chi connectivity index (χ4v) is 5.36. The van der Waals surface area contributed by atoms with Crippen molar-refractivity contribution in [3.05, 3.63) is 34.9 Å². The molecule has 1 aliphatic heterocycles. The summed E-state index contributed by atoms with van der Waals surface area (Å²) in [5.74, 6) is 1.81. The molecule has 0 spiro atoms. The number of hydrogen-bond acceptors (Lipinski definition) is 8. The zero-order valence-electron chi connectivity index (χ0n) is 24.6. The second-order valence-electron chi connectivity index (χ2n) is 10.9. The molecule has 3 rings (SSSR count). The molecule has 0 aromatic heterocycles. The van der Waals surface area contributed by atoms with Crippen LogP contribution in [0.2, 0.25) is 0 Å². The van der Waals surface area contributed by atoms with Gasteiger partial charge in [-0.3, -0.25) is 0 Å². The lowest BCUT2D eigenvalue weighted by atomic mass is 9.68. The Morgan fingerprint density at radius 2 is 1.64 bits per heavy atom. The predicted octanol–water partition coefficient (Wildman–Crippen LogP) is 6.24. The zero-order valence-corrected chi connectivity index (χ0v) is 24.6. The van der Waals surface area contributed by atoms with Crippen molar-refractivity contribution in [3.63, 3.8) is 0 Å². The van der Waals surface area contributed by atoms with Gasteiger partial charge >= 0.3 is 6.16 Å². The molecule has 8 nitrogen and oxygen atoms in total. The monoisotopic (exact) mass is 548 g/mol. The quantitative estimate of drug-likeness (QED) is 0.0979. The van der Waals surface area contributed by atoms with Crippen molar-refractivity contribution in [2.24, 2.45) is 5.92 Å². The molecule has 1 aromatic rings. The molecule has 2 atom stereocenters. The summed E-state index contributed by atoms with van der Waals surface area (Å²) >= 11 is 0. The minimum absolute atomic E-state index is 0.103. The van der Waals surface area contributed by atoms with E-state index in [9.17, 15) is 4.79 Å². The van der Waals surface area contributed by atoms with Crippen molar-refractivity contribution in [3.8, 4) is 11.5 Å². The van der Waals surface area contributed by atoms with Gasteiger partial charge in [0.15, 0.2) is 0 Å². The number of carbonyl (C=O) groups excluding carboxylic acids is 1. The number of aryl methyl sites for hydroxylation is 1. The number of benzene rings is 1. The first-order valence-corrected chi connectivity index (χ1v) is 14.5. The van der Waals surface area contributed by atoms with Gasteiger partial charge in [-0.05, 0) is 64.2 Å². The molecule has 0 amide bonds. The number of methoxy groups -OCH3 is 1. The summed E-state index contributed by atoms with van der Waals surface area (Å²) in [7, 11) is 1.64. The summed E-state index contributed by atoms with van der Waals surface area (Å²) in [6.07, 6.45) is 8.00. The fourth-order valence-electron chi connectivity index (χ4n) is 5.36. The van der Waals surface area contributed by atoms with E-state index in [2.05, 4.69) is 39.8 Å². The second kappa shape index (κ2) is 16.2. The van der Waals surface area contributed by atoms with Gasteiger partial charge in [-0.15, -0.1) is 0 Å². The Labute approximate surface area is 234 Å². The number of rotatable bonds is 17. The Bertz CT molecular complexity index is 925. The molecule has 0 bridgehead atoms. The Kier molecular flexibility index (Phi) is 13.1. The minimum Gasteiger partial charge on any atom is -0.487 e. The van der Waals surface area contributed by atoms with Gasteiger partial charge in [-0.2, -0.15) is 0 Å². The van der Waals surface area contributed by atoms with Crippen LogP contribution in [0.1, 0.15) is 76.8 Å². The Hall–Kier alpha value is -2.13. The van der Waals surface area contributed by atoms with E-state index in [-0.39, 0.29) is 24.7 Å². The van der Waals surface area contributed by atoms with Gasteiger partial charge in [0.2, 0.25) is 0 Å². The number of fused-ring (bicyclic) bond motifs is 3. The van der Waals surface area contributed by atoms with Gasteiger partial charge in [0.25, 0.3) is 0 Å². The highest BCUT2D eigenvalue weighted by Crippen LogP contribution is 2.53. The van der Waals surface area contributed by atoms with E-state index in [1.165, 1.54) is 5.57 Å². The molecule has 1 aromatic carbocycles. The van der Waals surface area contributed by atoms with Gasteiger partial charge in [-0.1, -0.05) is 31.4 Å². The molecular formula is C31H48O8. The van der Waals surface area contributed by atoms with E-state index in [4.69, 9.17) is 33.2 Å². The number of allylic oxidation sites excluding steroid dienone is 2. The predicted molar refractivity (Wildman–Crippen MR) is 150 cm³/mol. The largest absolute Gasteiger partial charge is 0.513 e. The van der Waals surface area contributed by atoms with Crippen LogP contribution in [0, 0.1) is 5.92 Å². The molecule has 1 aliphatic carbocycles. The van der Waals surface area contributed by atoms with Crippen LogP contribution in [0.4, 0.5) is 4.79 Å². The molecule has 0 fully saturated rings. The highest BCUT2D eigenvalue weighted by molar-refractivity contribution is 5.67. The van der Waals surface area contributed by atoms with Crippen molar-refractivity contribution in [1.29, 1.82) is 0 Å². The molecule has 220 valence electrons. The van der Waals surface area contributed by atoms with Crippen molar-refractivity contribution >= 4 is 6.16 Å². The molecule has 0 saturated heterocycles. The Morgan fingerprint density at radius 3 is 2.31 bits per heavy atom. The Balaban J connectivity index is 1.55. The third kappa shape index (κ3) is 9.78. The third-order valence-electron chi connectivity index (χ3n) is 7.40. The molecule has 0 saturated carbocycles. The summed E-state index contributed by atoms with van der Waals surface area (Å²) in [4.78, 5) is 12.7. The maximum atomic E-state index is 12.7. The van der Waals surface area contributed by atoms with E-state index in [0.717, 1.165) is 55.4 Å². The SMILES string of the molecule is CCCCCc1cc(OC(=O)OCCOCCOCCOCCOC)c2c(c1)OC(C)(C)C1CCC(C)=C[C@@H]21. The van der Waals surface area contributed by atoms with E-state index in [1.807, 2.05) is 6.07 Å². The van der Waals surface area contributed by atoms with Crippen LogP contribution in [0.3, 0.4) is 0 Å². The summed E-state index contributed by atoms with van der Waals surface area (Å²) in [6.45, 7) is 12.1. The normalized spacial score (nSPS) is 19.5. The van der Waals surface area contributed by atoms with E-state index >= 15 is 0 Å². The number of unbranched alkanes of at least 4 members (excludes halogenated alkanes) is 2. The molecule has 1 unspecified atom stereocenters. The molecule has 0 N–H and O–H groups in total. The van der Waals surface area contributed by atoms with Crippen molar-refractivity contribution < 1.29 is 38.0 Å². The average Bonchev–Trinajstić information content (AvgIpc) is 2.88. The smallest absolute Gasteiger partial charge is 0.487 e. The van der Waals surface area contributed by atoms with Crippen LogP contribution in [0.25, 0.3) is 0 Å².